The van der Waals surface area contributed by atoms with Crippen molar-refractivity contribution in [3.63, 3.8) is 0 Å². The van der Waals surface area contributed by atoms with Gasteiger partial charge < -0.3 is 15.5 Å². The number of hydrogen-bond donors (Lipinski definition) is 2. The van der Waals surface area contributed by atoms with Crippen LogP contribution in [0.1, 0.15) is 52.9 Å². The summed E-state index contributed by atoms with van der Waals surface area (Å²) in [7, 11) is 0. The quantitative estimate of drug-likeness (QED) is 0.601. The van der Waals surface area contributed by atoms with Gasteiger partial charge in [0.25, 0.3) is 0 Å². The Kier molecular flexibility index (Phi) is 8.07. The van der Waals surface area contributed by atoms with Crippen molar-refractivity contribution in [1.29, 1.82) is 0 Å². The largest absolute Gasteiger partial charge is 0.353 e. The zero-order valence-electron chi connectivity index (χ0n) is 12.9. The molecule has 0 radical (unpaired) electrons. The number of carbonyl (C=O) groups is 1. The number of nitrogens with zero attached hydrogens (tertiary/aromatic N) is 1. The minimum atomic E-state index is 0.199. The molecule has 19 heavy (non-hydrogen) atoms. The van der Waals surface area contributed by atoms with Crippen LogP contribution in [0, 0.1) is 0 Å². The Labute approximate surface area is 118 Å². The van der Waals surface area contributed by atoms with Crippen LogP contribution < -0.4 is 10.6 Å². The third-order valence-corrected chi connectivity index (χ3v) is 3.79. The van der Waals surface area contributed by atoms with Crippen LogP contribution in [-0.2, 0) is 4.79 Å². The van der Waals surface area contributed by atoms with Gasteiger partial charge in [0.1, 0.15) is 0 Å². The first kappa shape index (κ1) is 16.4. The van der Waals surface area contributed by atoms with Gasteiger partial charge in [-0.25, -0.2) is 0 Å². The number of nitrogens with one attached hydrogen (secondary N) is 2. The fourth-order valence-corrected chi connectivity index (χ4v) is 2.22. The summed E-state index contributed by atoms with van der Waals surface area (Å²) in [5, 5.41) is 6.45. The van der Waals surface area contributed by atoms with Crippen molar-refractivity contribution in [3.05, 3.63) is 0 Å². The lowest BCUT2D eigenvalue weighted by molar-refractivity contribution is -0.121. The Morgan fingerprint density at radius 1 is 1.32 bits per heavy atom. The summed E-state index contributed by atoms with van der Waals surface area (Å²) < 4.78 is 0. The van der Waals surface area contributed by atoms with Crippen LogP contribution in [0.3, 0.4) is 0 Å². The highest BCUT2D eigenvalue weighted by Crippen LogP contribution is 2.18. The summed E-state index contributed by atoms with van der Waals surface area (Å²) in [5.41, 5.74) is 0. The van der Waals surface area contributed by atoms with Gasteiger partial charge in [-0.3, -0.25) is 4.79 Å². The van der Waals surface area contributed by atoms with Crippen molar-refractivity contribution >= 4 is 5.91 Å². The van der Waals surface area contributed by atoms with Gasteiger partial charge >= 0.3 is 0 Å². The van der Waals surface area contributed by atoms with Gasteiger partial charge in [0, 0.05) is 25.0 Å². The van der Waals surface area contributed by atoms with Crippen LogP contribution in [0.2, 0.25) is 0 Å². The molecule has 1 fully saturated rings. The average molecular weight is 269 g/mol. The summed E-state index contributed by atoms with van der Waals surface area (Å²) in [6.45, 7) is 10.9. The van der Waals surface area contributed by atoms with E-state index in [9.17, 15) is 4.79 Å². The van der Waals surface area contributed by atoms with Gasteiger partial charge in [0.05, 0.1) is 0 Å². The molecule has 0 saturated heterocycles. The van der Waals surface area contributed by atoms with Gasteiger partial charge in [-0.05, 0) is 52.2 Å². The molecule has 4 heteroatoms. The zero-order chi connectivity index (χ0) is 14.1. The highest BCUT2D eigenvalue weighted by atomic mass is 16.1. The van der Waals surface area contributed by atoms with E-state index < -0.39 is 0 Å². The molecule has 1 amide bonds. The second-order valence-corrected chi connectivity index (χ2v) is 5.62. The molecular weight excluding hydrogens is 238 g/mol. The van der Waals surface area contributed by atoms with E-state index >= 15 is 0 Å². The molecule has 0 aromatic carbocycles. The summed E-state index contributed by atoms with van der Waals surface area (Å²) in [5.74, 6) is 0.199. The second-order valence-electron chi connectivity index (χ2n) is 5.62. The number of hydrogen-bond acceptors (Lipinski definition) is 3. The van der Waals surface area contributed by atoms with Gasteiger partial charge in [0.2, 0.25) is 5.91 Å². The first-order chi connectivity index (χ1) is 9.15. The van der Waals surface area contributed by atoms with E-state index in [2.05, 4.69) is 36.3 Å². The summed E-state index contributed by atoms with van der Waals surface area (Å²) >= 11 is 0. The molecule has 1 aliphatic rings. The Hall–Kier alpha value is -0.610. The standard InChI is InChI=1S/C15H31N3O/c1-4-18(5-2)12-6-7-13(3)16-11-10-15(19)17-14-8-9-14/h13-14,16H,4-12H2,1-3H3,(H,17,19). The maximum Gasteiger partial charge on any atom is 0.221 e. The zero-order valence-corrected chi connectivity index (χ0v) is 12.9. The maximum absolute atomic E-state index is 11.5. The molecule has 2 N–H and O–H groups in total. The number of amides is 1. The fourth-order valence-electron chi connectivity index (χ4n) is 2.22. The van der Waals surface area contributed by atoms with Crippen molar-refractivity contribution in [2.24, 2.45) is 0 Å². The van der Waals surface area contributed by atoms with Crippen LogP contribution in [0.15, 0.2) is 0 Å². The lowest BCUT2D eigenvalue weighted by Crippen LogP contribution is -2.33. The molecule has 0 aromatic heterocycles. The maximum atomic E-state index is 11.5. The Morgan fingerprint density at radius 3 is 2.58 bits per heavy atom. The molecule has 0 heterocycles. The van der Waals surface area contributed by atoms with Gasteiger partial charge in [-0.2, -0.15) is 0 Å². The molecular formula is C15H31N3O. The molecule has 0 aliphatic heterocycles. The van der Waals surface area contributed by atoms with Gasteiger partial charge in [-0.1, -0.05) is 13.8 Å². The first-order valence-corrected chi connectivity index (χ1v) is 7.90. The SMILES string of the molecule is CCN(CC)CCCC(C)NCCC(=O)NC1CC1. The van der Waals surface area contributed by atoms with Crippen LogP contribution >= 0.6 is 0 Å². The van der Waals surface area contributed by atoms with E-state index in [0.717, 1.165) is 19.6 Å². The van der Waals surface area contributed by atoms with Crippen molar-refractivity contribution in [1.82, 2.24) is 15.5 Å². The van der Waals surface area contributed by atoms with Crippen LogP contribution in [0.4, 0.5) is 0 Å². The normalized spacial score (nSPS) is 16.6. The van der Waals surface area contributed by atoms with E-state index in [1.165, 1.54) is 32.2 Å². The van der Waals surface area contributed by atoms with Crippen LogP contribution in [0.25, 0.3) is 0 Å². The number of rotatable bonds is 11. The molecule has 0 aromatic rings. The predicted octanol–water partition coefficient (Wildman–Crippen LogP) is 1.76. The molecule has 1 saturated carbocycles. The van der Waals surface area contributed by atoms with Gasteiger partial charge in [0.15, 0.2) is 0 Å². The third-order valence-electron chi connectivity index (χ3n) is 3.79. The van der Waals surface area contributed by atoms with Crippen LogP contribution in [-0.4, -0.2) is 49.1 Å². The third kappa shape index (κ3) is 8.22. The Bertz CT molecular complexity index is 250. The molecule has 1 atom stereocenters. The topological polar surface area (TPSA) is 44.4 Å². The van der Waals surface area contributed by atoms with Gasteiger partial charge in [-0.15, -0.1) is 0 Å². The summed E-state index contributed by atoms with van der Waals surface area (Å²) in [6.07, 6.45) is 5.35. The first-order valence-electron chi connectivity index (χ1n) is 7.90. The molecule has 1 aliphatic carbocycles. The van der Waals surface area contributed by atoms with Crippen molar-refractivity contribution in [2.75, 3.05) is 26.2 Å². The predicted molar refractivity (Wildman–Crippen MR) is 80.3 cm³/mol. The summed E-state index contributed by atoms with van der Waals surface area (Å²) in [6, 6.07) is 0.989. The van der Waals surface area contributed by atoms with E-state index in [0.29, 0.717) is 18.5 Å². The van der Waals surface area contributed by atoms with Crippen molar-refractivity contribution < 1.29 is 4.79 Å². The smallest absolute Gasteiger partial charge is 0.221 e. The van der Waals surface area contributed by atoms with Crippen molar-refractivity contribution in [3.8, 4) is 0 Å². The highest BCUT2D eigenvalue weighted by molar-refractivity contribution is 5.76. The Balaban J connectivity index is 1.94. The van der Waals surface area contributed by atoms with Crippen molar-refractivity contribution in [2.45, 2.75) is 65.0 Å². The van der Waals surface area contributed by atoms with E-state index in [1.807, 2.05) is 0 Å². The lowest BCUT2D eigenvalue weighted by atomic mass is 10.1. The molecule has 0 bridgehead atoms. The fraction of sp³-hybridized carbons (Fsp3) is 0.933. The summed E-state index contributed by atoms with van der Waals surface area (Å²) in [4.78, 5) is 14.0. The molecule has 112 valence electrons. The molecule has 0 spiro atoms. The monoisotopic (exact) mass is 269 g/mol. The lowest BCUT2D eigenvalue weighted by Gasteiger charge is -2.19. The van der Waals surface area contributed by atoms with E-state index in [-0.39, 0.29) is 5.91 Å². The second kappa shape index (κ2) is 9.32. The average Bonchev–Trinajstić information content (AvgIpc) is 3.18. The molecule has 1 unspecified atom stereocenters. The molecule has 1 rings (SSSR count). The molecule has 4 nitrogen and oxygen atoms in total. The van der Waals surface area contributed by atoms with E-state index in [4.69, 9.17) is 0 Å². The number of carbonyl (C=O) groups excluding carboxylic acids is 1. The van der Waals surface area contributed by atoms with E-state index in [1.54, 1.807) is 0 Å². The van der Waals surface area contributed by atoms with Crippen LogP contribution in [0.5, 0.6) is 0 Å². The minimum absolute atomic E-state index is 0.199. The highest BCUT2D eigenvalue weighted by Gasteiger charge is 2.22. The minimum Gasteiger partial charge on any atom is -0.353 e. The Morgan fingerprint density at radius 2 is 2.00 bits per heavy atom.